The van der Waals surface area contributed by atoms with Crippen LogP contribution in [0.25, 0.3) is 0 Å². The molecule has 1 unspecified atom stereocenters. The highest BCUT2D eigenvalue weighted by Gasteiger charge is 2.30. The number of alkyl halides is 2. The van der Waals surface area contributed by atoms with Crippen molar-refractivity contribution in [3.8, 4) is 0 Å². The van der Waals surface area contributed by atoms with Gasteiger partial charge in [0.25, 0.3) is 5.92 Å². The Morgan fingerprint density at radius 1 is 1.32 bits per heavy atom. The molecular weight excluding hydrogens is 258 g/mol. The lowest BCUT2D eigenvalue weighted by Gasteiger charge is -2.19. The Labute approximate surface area is 111 Å². The van der Waals surface area contributed by atoms with E-state index in [4.69, 9.17) is 4.74 Å². The molecule has 6 heteroatoms. The number of halogens is 2. The highest BCUT2D eigenvalue weighted by atomic mass is 19.3. The van der Waals surface area contributed by atoms with Crippen molar-refractivity contribution in [1.82, 2.24) is 0 Å². The van der Waals surface area contributed by atoms with E-state index >= 15 is 0 Å². The van der Waals surface area contributed by atoms with Gasteiger partial charge in [-0.05, 0) is 19.3 Å². The van der Waals surface area contributed by atoms with Crippen LogP contribution in [0, 0.1) is 5.92 Å². The second-order valence-electron chi connectivity index (χ2n) is 4.98. The third-order valence-corrected chi connectivity index (χ3v) is 2.01. The summed E-state index contributed by atoms with van der Waals surface area (Å²) in [5.41, 5.74) is 0.127. The molecule has 0 heterocycles. The van der Waals surface area contributed by atoms with Crippen LogP contribution in [-0.2, 0) is 19.1 Å². The van der Waals surface area contributed by atoms with E-state index in [0.717, 1.165) is 0 Å². The fourth-order valence-electron chi connectivity index (χ4n) is 1.14. The Bertz CT molecular complexity index is 345. The van der Waals surface area contributed by atoms with Crippen LogP contribution in [0.3, 0.4) is 0 Å². The molecule has 0 radical (unpaired) electrons. The normalized spacial score (nSPS) is 13.0. The predicted octanol–water partition coefficient (Wildman–Crippen LogP) is 2.72. The number of carbonyl (C=O) groups is 2. The van der Waals surface area contributed by atoms with Crippen LogP contribution in [0.2, 0.25) is 0 Å². The summed E-state index contributed by atoms with van der Waals surface area (Å²) < 4.78 is 34.5. The summed E-state index contributed by atoms with van der Waals surface area (Å²) in [6.07, 6.45) is -0.987. The zero-order valence-electron chi connectivity index (χ0n) is 11.7. The van der Waals surface area contributed by atoms with Gasteiger partial charge in [-0.15, -0.1) is 0 Å². The lowest BCUT2D eigenvalue weighted by molar-refractivity contribution is -0.173. The van der Waals surface area contributed by atoms with E-state index in [1.165, 1.54) is 6.92 Å². The van der Waals surface area contributed by atoms with Crippen LogP contribution < -0.4 is 0 Å². The minimum absolute atomic E-state index is 0.0395. The molecule has 19 heavy (non-hydrogen) atoms. The molecule has 0 rings (SSSR count). The third-order valence-electron chi connectivity index (χ3n) is 2.01. The molecular formula is C13H20F2O4. The number of rotatable bonds is 7. The first kappa shape index (κ1) is 17.5. The summed E-state index contributed by atoms with van der Waals surface area (Å²) >= 11 is 0. The second kappa shape index (κ2) is 7.21. The summed E-state index contributed by atoms with van der Waals surface area (Å²) in [4.78, 5) is 23.0. The minimum Gasteiger partial charge on any atom is -0.457 e. The van der Waals surface area contributed by atoms with Crippen molar-refractivity contribution in [3.63, 3.8) is 0 Å². The fraction of sp³-hybridized carbons (Fsp3) is 0.692. The predicted molar refractivity (Wildman–Crippen MR) is 65.7 cm³/mol. The Balaban J connectivity index is 4.61. The number of carbonyl (C=O) groups excluding carboxylic acids is 2. The molecule has 4 nitrogen and oxygen atoms in total. The molecule has 0 aliphatic rings. The van der Waals surface area contributed by atoms with E-state index in [0.29, 0.717) is 6.92 Å². The van der Waals surface area contributed by atoms with Gasteiger partial charge in [-0.25, -0.2) is 18.4 Å². The third kappa shape index (κ3) is 8.29. The molecule has 110 valence electrons. The van der Waals surface area contributed by atoms with Crippen LogP contribution in [0.1, 0.15) is 34.1 Å². The van der Waals surface area contributed by atoms with Gasteiger partial charge in [0.15, 0.2) is 12.7 Å². The number of esters is 2. The highest BCUT2D eigenvalue weighted by Crippen LogP contribution is 2.15. The molecule has 1 atom stereocenters. The largest absolute Gasteiger partial charge is 0.457 e. The van der Waals surface area contributed by atoms with Gasteiger partial charge in [-0.2, -0.15) is 0 Å². The van der Waals surface area contributed by atoms with E-state index in [9.17, 15) is 18.4 Å². The molecule has 0 aliphatic heterocycles. The maximum atomic E-state index is 12.6. The molecule has 0 amide bonds. The maximum Gasteiger partial charge on any atom is 0.347 e. The first-order valence-corrected chi connectivity index (χ1v) is 5.94. The van der Waals surface area contributed by atoms with E-state index in [2.05, 4.69) is 11.3 Å². The van der Waals surface area contributed by atoms with Gasteiger partial charge in [-0.3, -0.25) is 0 Å². The van der Waals surface area contributed by atoms with Crippen LogP contribution in [0.5, 0.6) is 0 Å². The van der Waals surface area contributed by atoms with Crippen molar-refractivity contribution >= 4 is 11.9 Å². The molecule has 0 aromatic rings. The number of ether oxygens (including phenoxy) is 2. The zero-order valence-corrected chi connectivity index (χ0v) is 11.7. The lowest BCUT2D eigenvalue weighted by Crippen LogP contribution is -2.33. The van der Waals surface area contributed by atoms with E-state index in [1.807, 2.05) is 13.8 Å². The molecule has 0 N–H and O–H groups in total. The molecule has 0 aromatic heterocycles. The van der Waals surface area contributed by atoms with Gasteiger partial charge >= 0.3 is 11.9 Å². The second-order valence-corrected chi connectivity index (χ2v) is 4.98. The summed E-state index contributed by atoms with van der Waals surface area (Å²) in [6, 6.07) is 0. The van der Waals surface area contributed by atoms with Crippen molar-refractivity contribution in [1.29, 1.82) is 0 Å². The molecule has 0 spiro atoms. The Morgan fingerprint density at radius 2 is 1.84 bits per heavy atom. The van der Waals surface area contributed by atoms with Gasteiger partial charge in [0.05, 0.1) is 0 Å². The summed E-state index contributed by atoms with van der Waals surface area (Å²) in [7, 11) is 0. The Kier molecular flexibility index (Phi) is 6.65. The molecule has 0 fully saturated rings. The highest BCUT2D eigenvalue weighted by molar-refractivity contribution is 5.89. The minimum atomic E-state index is -3.11. The Hall–Kier alpha value is -1.46. The fourth-order valence-corrected chi connectivity index (χ4v) is 1.14. The average molecular weight is 278 g/mol. The molecule has 0 saturated carbocycles. The first-order chi connectivity index (χ1) is 8.53. The summed E-state index contributed by atoms with van der Waals surface area (Å²) in [5, 5.41) is 0. The SMILES string of the molecule is C=C(C)C(=O)OC(CC(C)C)C(=O)OCC(C)(F)F. The molecule has 0 saturated heterocycles. The molecule has 0 bridgehead atoms. The topological polar surface area (TPSA) is 52.6 Å². The van der Waals surface area contributed by atoms with E-state index in [1.54, 1.807) is 0 Å². The summed E-state index contributed by atoms with van der Waals surface area (Å²) in [5.74, 6) is -4.79. The van der Waals surface area contributed by atoms with Crippen molar-refractivity contribution < 1.29 is 27.8 Å². The monoisotopic (exact) mass is 278 g/mol. The van der Waals surface area contributed by atoms with Crippen LogP contribution in [0.15, 0.2) is 12.2 Å². The summed E-state index contributed by atoms with van der Waals surface area (Å²) in [6.45, 7) is 8.03. The zero-order chi connectivity index (χ0) is 15.2. The Morgan fingerprint density at radius 3 is 2.21 bits per heavy atom. The lowest BCUT2D eigenvalue weighted by atomic mass is 10.1. The molecule has 0 aliphatic carbocycles. The smallest absolute Gasteiger partial charge is 0.347 e. The van der Waals surface area contributed by atoms with Crippen LogP contribution in [-0.4, -0.2) is 30.6 Å². The number of hydrogen-bond acceptors (Lipinski definition) is 4. The van der Waals surface area contributed by atoms with Gasteiger partial charge in [0.2, 0.25) is 0 Å². The molecule has 0 aromatic carbocycles. The van der Waals surface area contributed by atoms with Crippen molar-refractivity contribution in [2.24, 2.45) is 5.92 Å². The first-order valence-electron chi connectivity index (χ1n) is 5.94. The average Bonchev–Trinajstić information content (AvgIpc) is 2.22. The van der Waals surface area contributed by atoms with Crippen LogP contribution in [0.4, 0.5) is 8.78 Å². The van der Waals surface area contributed by atoms with Crippen LogP contribution >= 0.6 is 0 Å². The van der Waals surface area contributed by atoms with Gasteiger partial charge in [-0.1, -0.05) is 20.4 Å². The quantitative estimate of drug-likeness (QED) is 0.531. The van der Waals surface area contributed by atoms with Gasteiger partial charge in [0.1, 0.15) is 0 Å². The number of hydrogen-bond donors (Lipinski definition) is 0. The van der Waals surface area contributed by atoms with Crippen molar-refractivity contribution in [2.75, 3.05) is 6.61 Å². The van der Waals surface area contributed by atoms with Gasteiger partial charge < -0.3 is 9.47 Å². The van der Waals surface area contributed by atoms with E-state index in [-0.39, 0.29) is 17.9 Å². The van der Waals surface area contributed by atoms with Gasteiger partial charge in [0, 0.05) is 12.5 Å². The van der Waals surface area contributed by atoms with Crippen molar-refractivity contribution in [3.05, 3.63) is 12.2 Å². The maximum absolute atomic E-state index is 12.6. The van der Waals surface area contributed by atoms with E-state index < -0.39 is 30.6 Å². The standard InChI is InChI=1S/C13H20F2O4/c1-8(2)6-10(19-11(16)9(3)4)12(17)18-7-13(5,14)15/h8,10H,3,6-7H2,1-2,4-5H3. The van der Waals surface area contributed by atoms with Crippen molar-refractivity contribution in [2.45, 2.75) is 46.1 Å².